The van der Waals surface area contributed by atoms with Crippen molar-refractivity contribution in [3.05, 3.63) is 42.2 Å². The van der Waals surface area contributed by atoms with Crippen molar-refractivity contribution in [1.82, 2.24) is 0 Å². The Hall–Kier alpha value is -1.37. The fraction of sp³-hybridized carbons (Fsp3) is 0.333. The number of rotatable bonds is 3. The molecule has 1 aliphatic carbocycles. The quantitative estimate of drug-likeness (QED) is 0.638. The Morgan fingerprint density at radius 3 is 3.00 bits per heavy atom. The van der Waals surface area contributed by atoms with Crippen molar-refractivity contribution in [3.8, 4) is 0 Å². The van der Waals surface area contributed by atoms with Gasteiger partial charge in [-0.15, -0.1) is 5.73 Å². The Morgan fingerprint density at radius 1 is 1.71 bits per heavy atom. The molecule has 0 amide bonds. The first-order chi connectivity index (χ1) is 6.58. The van der Waals surface area contributed by atoms with E-state index in [1.54, 1.807) is 18.2 Å². The molecule has 0 heterocycles. The van der Waals surface area contributed by atoms with Crippen LogP contribution in [0.3, 0.4) is 0 Å². The van der Waals surface area contributed by atoms with E-state index in [0.29, 0.717) is 6.61 Å². The van der Waals surface area contributed by atoms with Crippen LogP contribution in [0.2, 0.25) is 0 Å². The zero-order valence-corrected chi connectivity index (χ0v) is 8.54. The molecular weight excluding hydrogens is 176 g/mol. The molecule has 0 aromatic carbocycles. The van der Waals surface area contributed by atoms with E-state index in [1.165, 1.54) is 6.08 Å². The highest BCUT2D eigenvalue weighted by atomic mass is 16.5. The second-order valence-electron chi connectivity index (χ2n) is 3.39. The molecule has 74 valence electrons. The summed E-state index contributed by atoms with van der Waals surface area (Å²) in [4.78, 5) is 11.0. The molecular formula is C12H14O2. The van der Waals surface area contributed by atoms with Crippen LogP contribution in [0.5, 0.6) is 0 Å². The molecule has 0 unspecified atom stereocenters. The number of allylic oxidation sites excluding steroid dienone is 2. The summed E-state index contributed by atoms with van der Waals surface area (Å²) in [6.45, 7) is 7.72. The van der Waals surface area contributed by atoms with Gasteiger partial charge in [0.1, 0.15) is 5.60 Å². The van der Waals surface area contributed by atoms with Crippen LogP contribution < -0.4 is 0 Å². The predicted molar refractivity (Wildman–Crippen MR) is 56.0 cm³/mol. The smallest absolute Gasteiger partial charge is 0.178 e. The lowest BCUT2D eigenvalue weighted by Crippen LogP contribution is -2.30. The van der Waals surface area contributed by atoms with Crippen LogP contribution in [-0.4, -0.2) is 18.0 Å². The fourth-order valence-corrected chi connectivity index (χ4v) is 1.21. The van der Waals surface area contributed by atoms with E-state index in [1.807, 2.05) is 13.8 Å². The van der Waals surface area contributed by atoms with Crippen LogP contribution in [-0.2, 0) is 9.53 Å². The van der Waals surface area contributed by atoms with E-state index in [9.17, 15) is 4.79 Å². The minimum atomic E-state index is -0.471. The summed E-state index contributed by atoms with van der Waals surface area (Å²) >= 11 is 0. The summed E-state index contributed by atoms with van der Waals surface area (Å²) in [7, 11) is 0. The first kappa shape index (κ1) is 10.7. The molecule has 0 radical (unpaired) electrons. The molecule has 1 aliphatic rings. The van der Waals surface area contributed by atoms with E-state index in [-0.39, 0.29) is 5.78 Å². The van der Waals surface area contributed by atoms with Crippen molar-refractivity contribution in [2.75, 3.05) is 6.61 Å². The molecule has 0 N–H and O–H groups in total. The Kier molecular flexibility index (Phi) is 3.23. The van der Waals surface area contributed by atoms with Gasteiger partial charge in [-0.1, -0.05) is 6.58 Å². The molecule has 0 saturated heterocycles. The molecule has 1 atom stereocenters. The van der Waals surface area contributed by atoms with Gasteiger partial charge < -0.3 is 4.74 Å². The number of carbonyl (C=O) groups is 1. The molecule has 1 rings (SSSR count). The van der Waals surface area contributed by atoms with Gasteiger partial charge in [0.05, 0.1) is 6.61 Å². The first-order valence-corrected chi connectivity index (χ1v) is 4.49. The van der Waals surface area contributed by atoms with E-state index in [2.05, 4.69) is 12.3 Å². The third kappa shape index (κ3) is 2.32. The topological polar surface area (TPSA) is 26.3 Å². The second-order valence-corrected chi connectivity index (χ2v) is 3.39. The van der Waals surface area contributed by atoms with Gasteiger partial charge >= 0.3 is 0 Å². The largest absolute Gasteiger partial charge is 0.362 e. The molecule has 0 aromatic heterocycles. The maximum atomic E-state index is 11.0. The Labute approximate surface area is 84.3 Å². The molecule has 0 aliphatic heterocycles. The van der Waals surface area contributed by atoms with Crippen LogP contribution in [0.15, 0.2) is 42.2 Å². The van der Waals surface area contributed by atoms with Crippen molar-refractivity contribution in [1.29, 1.82) is 0 Å². The van der Waals surface area contributed by atoms with Crippen molar-refractivity contribution in [2.24, 2.45) is 0 Å². The molecule has 0 fully saturated rings. The highest BCUT2D eigenvalue weighted by Crippen LogP contribution is 2.25. The van der Waals surface area contributed by atoms with Crippen LogP contribution in [0, 0.1) is 0 Å². The number of ether oxygens (including phenoxy) is 1. The minimum Gasteiger partial charge on any atom is -0.362 e. The maximum absolute atomic E-state index is 11.0. The van der Waals surface area contributed by atoms with Gasteiger partial charge in [-0.25, -0.2) is 0 Å². The summed E-state index contributed by atoms with van der Waals surface area (Å²) in [5, 5.41) is 0. The fourth-order valence-electron chi connectivity index (χ4n) is 1.21. The summed E-state index contributed by atoms with van der Waals surface area (Å²) in [6.07, 6.45) is 6.62. The van der Waals surface area contributed by atoms with Gasteiger partial charge in [0, 0.05) is 0 Å². The first-order valence-electron chi connectivity index (χ1n) is 4.49. The van der Waals surface area contributed by atoms with Gasteiger partial charge in [-0.05, 0) is 43.7 Å². The number of ketones is 1. The SMILES string of the molecule is C=C=CCO[C@]1(C)C=CC(=O)C=C1C. The van der Waals surface area contributed by atoms with Gasteiger partial charge in [-0.3, -0.25) is 4.79 Å². The lowest BCUT2D eigenvalue weighted by Gasteiger charge is -2.28. The third-order valence-corrected chi connectivity index (χ3v) is 2.32. The normalized spacial score (nSPS) is 25.6. The average Bonchev–Trinajstić information content (AvgIpc) is 2.13. The number of carbonyl (C=O) groups excluding carboxylic acids is 1. The molecule has 14 heavy (non-hydrogen) atoms. The monoisotopic (exact) mass is 190 g/mol. The lowest BCUT2D eigenvalue weighted by molar-refractivity contribution is -0.111. The Balaban J connectivity index is 2.74. The summed E-state index contributed by atoms with van der Waals surface area (Å²) in [5.41, 5.74) is 3.09. The zero-order valence-electron chi connectivity index (χ0n) is 8.54. The van der Waals surface area contributed by atoms with Crippen molar-refractivity contribution < 1.29 is 9.53 Å². The highest BCUT2D eigenvalue weighted by molar-refractivity contribution is 6.01. The van der Waals surface area contributed by atoms with Crippen molar-refractivity contribution in [3.63, 3.8) is 0 Å². The van der Waals surface area contributed by atoms with Crippen LogP contribution in [0.4, 0.5) is 0 Å². The summed E-state index contributed by atoms with van der Waals surface area (Å²) < 4.78 is 5.61. The number of hydrogen-bond donors (Lipinski definition) is 0. The lowest BCUT2D eigenvalue weighted by atomic mass is 9.91. The molecule has 0 spiro atoms. The van der Waals surface area contributed by atoms with Gasteiger partial charge in [0.25, 0.3) is 0 Å². The van der Waals surface area contributed by atoms with E-state index >= 15 is 0 Å². The van der Waals surface area contributed by atoms with Crippen LogP contribution in [0.1, 0.15) is 13.8 Å². The van der Waals surface area contributed by atoms with E-state index in [4.69, 9.17) is 4.74 Å². The Morgan fingerprint density at radius 2 is 2.43 bits per heavy atom. The van der Waals surface area contributed by atoms with Gasteiger partial charge in [0.2, 0.25) is 0 Å². The van der Waals surface area contributed by atoms with Crippen LogP contribution >= 0.6 is 0 Å². The van der Waals surface area contributed by atoms with Crippen LogP contribution in [0.25, 0.3) is 0 Å². The number of hydrogen-bond acceptors (Lipinski definition) is 2. The van der Waals surface area contributed by atoms with E-state index in [0.717, 1.165) is 5.57 Å². The van der Waals surface area contributed by atoms with E-state index < -0.39 is 5.60 Å². The summed E-state index contributed by atoms with van der Waals surface area (Å²) in [5.74, 6) is 0.0165. The molecule has 0 aromatic rings. The highest BCUT2D eigenvalue weighted by Gasteiger charge is 2.26. The van der Waals surface area contributed by atoms with Crippen molar-refractivity contribution in [2.45, 2.75) is 19.4 Å². The molecule has 2 nitrogen and oxygen atoms in total. The standard InChI is InChI=1S/C12H14O2/c1-4-5-8-14-12(3)7-6-11(13)9-10(12)2/h5-7,9H,1,8H2,2-3H3/t12-/m1/s1. The molecule has 0 saturated carbocycles. The predicted octanol–water partition coefficient (Wildman–Crippen LogP) is 2.19. The molecule has 0 bridgehead atoms. The second kappa shape index (κ2) is 4.23. The Bertz CT molecular complexity index is 343. The molecule has 2 heteroatoms. The zero-order chi connectivity index (χ0) is 10.6. The average molecular weight is 190 g/mol. The maximum Gasteiger partial charge on any atom is 0.178 e. The third-order valence-electron chi connectivity index (χ3n) is 2.32. The van der Waals surface area contributed by atoms with Gasteiger partial charge in [-0.2, -0.15) is 0 Å². The minimum absolute atomic E-state index is 0.0165. The van der Waals surface area contributed by atoms with Crippen molar-refractivity contribution >= 4 is 5.78 Å². The van der Waals surface area contributed by atoms with Gasteiger partial charge in [0.15, 0.2) is 5.78 Å². The summed E-state index contributed by atoms with van der Waals surface area (Å²) in [6, 6.07) is 0.